The van der Waals surface area contributed by atoms with Gasteiger partial charge in [-0.2, -0.15) is 5.10 Å². The van der Waals surface area contributed by atoms with Crippen LogP contribution in [-0.2, 0) is 6.54 Å². The van der Waals surface area contributed by atoms with Crippen LogP contribution in [0.5, 0.6) is 0 Å². The zero-order valence-corrected chi connectivity index (χ0v) is 16.8. The van der Waals surface area contributed by atoms with Crippen LogP contribution in [0.1, 0.15) is 41.5 Å². The molecule has 0 unspecified atom stereocenters. The van der Waals surface area contributed by atoms with Crippen LogP contribution < -0.4 is 0 Å². The van der Waals surface area contributed by atoms with E-state index in [1.807, 2.05) is 29.2 Å². The smallest absolute Gasteiger partial charge is 0.275 e. The number of H-pyrrole nitrogens is 1. The third kappa shape index (κ3) is 4.25. The highest BCUT2D eigenvalue weighted by Crippen LogP contribution is 2.26. The Morgan fingerprint density at radius 3 is 2.44 bits per heavy atom. The van der Waals surface area contributed by atoms with E-state index in [9.17, 15) is 4.79 Å². The molecule has 0 saturated carbocycles. The number of aromatic amines is 1. The van der Waals surface area contributed by atoms with Crippen LogP contribution in [0.4, 0.5) is 0 Å². The standard InChI is InChI=1S/C18H22BrClN4O/c1-12(2)16-15(19)17(22-21-16)18(25)24-9-7-23(8-10-24)11-13-3-5-14(20)6-4-13/h3-6,12H,7-11H2,1-2H3,(H,21,22). The van der Waals surface area contributed by atoms with E-state index in [1.165, 1.54) is 5.56 Å². The molecule has 0 atom stereocenters. The van der Waals surface area contributed by atoms with Gasteiger partial charge in [-0.25, -0.2) is 0 Å². The van der Waals surface area contributed by atoms with Crippen LogP contribution in [0.3, 0.4) is 0 Å². The van der Waals surface area contributed by atoms with Gasteiger partial charge in [-0.15, -0.1) is 0 Å². The van der Waals surface area contributed by atoms with Gasteiger partial charge in [-0.1, -0.05) is 37.6 Å². The Labute approximate surface area is 161 Å². The van der Waals surface area contributed by atoms with E-state index < -0.39 is 0 Å². The van der Waals surface area contributed by atoms with E-state index in [4.69, 9.17) is 11.6 Å². The van der Waals surface area contributed by atoms with Gasteiger partial charge in [0, 0.05) is 37.7 Å². The quantitative estimate of drug-likeness (QED) is 0.808. The third-order valence-corrected chi connectivity index (χ3v) is 5.55. The minimum Gasteiger partial charge on any atom is -0.335 e. The average molecular weight is 426 g/mol. The summed E-state index contributed by atoms with van der Waals surface area (Å²) in [6.07, 6.45) is 0. The molecular formula is C18H22BrClN4O. The molecule has 0 aliphatic carbocycles. The monoisotopic (exact) mass is 424 g/mol. The summed E-state index contributed by atoms with van der Waals surface area (Å²) in [7, 11) is 0. The van der Waals surface area contributed by atoms with Gasteiger partial charge in [-0.3, -0.25) is 14.8 Å². The van der Waals surface area contributed by atoms with Gasteiger partial charge in [0.1, 0.15) is 0 Å². The lowest BCUT2D eigenvalue weighted by molar-refractivity contribution is 0.0622. The molecule has 1 N–H and O–H groups in total. The van der Waals surface area contributed by atoms with E-state index >= 15 is 0 Å². The Hall–Kier alpha value is -1.37. The highest BCUT2D eigenvalue weighted by atomic mass is 79.9. The minimum atomic E-state index is -0.0128. The van der Waals surface area contributed by atoms with E-state index in [1.54, 1.807) is 0 Å². The third-order valence-electron chi connectivity index (χ3n) is 4.49. The Bertz CT molecular complexity index is 736. The van der Waals surface area contributed by atoms with E-state index in [-0.39, 0.29) is 5.91 Å². The van der Waals surface area contributed by atoms with Crippen molar-refractivity contribution < 1.29 is 4.79 Å². The number of hydrogen-bond acceptors (Lipinski definition) is 3. The number of halogens is 2. The SMILES string of the molecule is CC(C)c1[nH]nc(C(=O)N2CCN(Cc3ccc(Cl)cc3)CC2)c1Br. The lowest BCUT2D eigenvalue weighted by Gasteiger charge is -2.34. The molecule has 134 valence electrons. The van der Waals surface area contributed by atoms with Crippen molar-refractivity contribution in [3.05, 3.63) is 50.7 Å². The first kappa shape index (κ1) is 18.4. The molecule has 2 heterocycles. The first-order valence-electron chi connectivity index (χ1n) is 8.45. The number of rotatable bonds is 4. The first-order valence-corrected chi connectivity index (χ1v) is 9.62. The van der Waals surface area contributed by atoms with Crippen LogP contribution in [0.2, 0.25) is 5.02 Å². The topological polar surface area (TPSA) is 52.2 Å². The van der Waals surface area contributed by atoms with Crippen LogP contribution in [0.15, 0.2) is 28.7 Å². The summed E-state index contributed by atoms with van der Waals surface area (Å²) in [6, 6.07) is 7.93. The fraction of sp³-hybridized carbons (Fsp3) is 0.444. The number of benzene rings is 1. The van der Waals surface area contributed by atoms with E-state index in [0.29, 0.717) is 24.7 Å². The summed E-state index contributed by atoms with van der Waals surface area (Å²) >= 11 is 9.45. The molecule has 1 aliphatic heterocycles. The Balaban J connectivity index is 1.58. The highest BCUT2D eigenvalue weighted by Gasteiger charge is 2.27. The van der Waals surface area contributed by atoms with Crippen LogP contribution >= 0.6 is 27.5 Å². The largest absolute Gasteiger partial charge is 0.335 e. The minimum absolute atomic E-state index is 0.0128. The molecule has 25 heavy (non-hydrogen) atoms. The van der Waals surface area contributed by atoms with Crippen LogP contribution in [0, 0.1) is 0 Å². The predicted octanol–water partition coefficient (Wildman–Crippen LogP) is 3.91. The number of carbonyl (C=O) groups is 1. The maximum atomic E-state index is 12.7. The summed E-state index contributed by atoms with van der Waals surface area (Å²) < 4.78 is 0.788. The van der Waals surface area contributed by atoms with Gasteiger partial charge in [0.15, 0.2) is 5.69 Å². The van der Waals surface area contributed by atoms with Gasteiger partial charge < -0.3 is 4.90 Å². The molecule has 0 radical (unpaired) electrons. The molecule has 1 aromatic carbocycles. The van der Waals surface area contributed by atoms with Crippen molar-refractivity contribution in [1.82, 2.24) is 20.0 Å². The summed E-state index contributed by atoms with van der Waals surface area (Å²) in [5.41, 5.74) is 2.68. The van der Waals surface area contributed by atoms with Crippen molar-refractivity contribution in [2.45, 2.75) is 26.3 Å². The highest BCUT2D eigenvalue weighted by molar-refractivity contribution is 9.10. The fourth-order valence-electron chi connectivity index (χ4n) is 2.97. The number of aromatic nitrogens is 2. The van der Waals surface area contributed by atoms with E-state index in [2.05, 4.69) is 44.9 Å². The molecule has 3 rings (SSSR count). The number of hydrogen-bond donors (Lipinski definition) is 1. The number of piperazine rings is 1. The van der Waals surface area contributed by atoms with E-state index in [0.717, 1.165) is 34.8 Å². The number of carbonyl (C=O) groups excluding carboxylic acids is 1. The fourth-order valence-corrected chi connectivity index (χ4v) is 3.90. The molecular weight excluding hydrogens is 404 g/mol. The summed E-state index contributed by atoms with van der Waals surface area (Å²) in [4.78, 5) is 17.0. The Kier molecular flexibility index (Phi) is 5.81. The van der Waals surface area contributed by atoms with Gasteiger partial charge in [-0.05, 0) is 39.5 Å². The van der Waals surface area contributed by atoms with Crippen molar-refractivity contribution >= 4 is 33.4 Å². The number of amides is 1. The maximum Gasteiger partial charge on any atom is 0.275 e. The zero-order chi connectivity index (χ0) is 18.0. The molecule has 1 saturated heterocycles. The van der Waals surface area contributed by atoms with Crippen LogP contribution in [0.25, 0.3) is 0 Å². The Morgan fingerprint density at radius 2 is 1.88 bits per heavy atom. The normalized spacial score (nSPS) is 15.8. The second kappa shape index (κ2) is 7.89. The number of nitrogens with one attached hydrogen (secondary N) is 1. The number of nitrogens with zero attached hydrogens (tertiary/aromatic N) is 3. The molecule has 0 bridgehead atoms. The van der Waals surface area contributed by atoms with Crippen molar-refractivity contribution in [1.29, 1.82) is 0 Å². The molecule has 7 heteroatoms. The molecule has 1 fully saturated rings. The molecule has 0 spiro atoms. The predicted molar refractivity (Wildman–Crippen MR) is 103 cm³/mol. The van der Waals surface area contributed by atoms with Crippen molar-refractivity contribution in [3.8, 4) is 0 Å². The lowest BCUT2D eigenvalue weighted by atomic mass is 10.1. The van der Waals surface area contributed by atoms with Gasteiger partial charge in [0.2, 0.25) is 0 Å². The van der Waals surface area contributed by atoms with Crippen molar-refractivity contribution in [2.24, 2.45) is 0 Å². The van der Waals surface area contributed by atoms with Crippen molar-refractivity contribution in [2.75, 3.05) is 26.2 Å². The maximum absolute atomic E-state index is 12.7. The average Bonchev–Trinajstić information content (AvgIpc) is 2.99. The molecule has 1 amide bonds. The second-order valence-corrected chi connectivity index (χ2v) is 7.88. The van der Waals surface area contributed by atoms with Gasteiger partial charge in [0.05, 0.1) is 10.2 Å². The van der Waals surface area contributed by atoms with Crippen LogP contribution in [-0.4, -0.2) is 52.1 Å². The summed E-state index contributed by atoms with van der Waals surface area (Å²) in [6.45, 7) is 8.15. The molecule has 2 aromatic rings. The molecule has 5 nitrogen and oxygen atoms in total. The Morgan fingerprint density at radius 1 is 1.24 bits per heavy atom. The van der Waals surface area contributed by atoms with Crippen molar-refractivity contribution in [3.63, 3.8) is 0 Å². The van der Waals surface area contributed by atoms with Gasteiger partial charge in [0.25, 0.3) is 5.91 Å². The summed E-state index contributed by atoms with van der Waals surface area (Å²) in [5, 5.41) is 7.95. The summed E-state index contributed by atoms with van der Waals surface area (Å²) in [5.74, 6) is 0.279. The molecule has 1 aromatic heterocycles. The van der Waals surface area contributed by atoms with Gasteiger partial charge >= 0.3 is 0 Å². The first-order chi connectivity index (χ1) is 12.0. The lowest BCUT2D eigenvalue weighted by Crippen LogP contribution is -2.48. The zero-order valence-electron chi connectivity index (χ0n) is 14.4. The second-order valence-electron chi connectivity index (χ2n) is 6.65. The molecule has 1 aliphatic rings.